The van der Waals surface area contributed by atoms with Crippen molar-refractivity contribution in [3.8, 4) is 0 Å². The van der Waals surface area contributed by atoms with Crippen LogP contribution in [-0.4, -0.2) is 35.7 Å². The van der Waals surface area contributed by atoms with Crippen LogP contribution in [0.1, 0.15) is 19.8 Å². The van der Waals surface area contributed by atoms with Gasteiger partial charge in [-0.2, -0.15) is 0 Å². The average Bonchev–Trinajstić information content (AvgIpc) is 2.65. The summed E-state index contributed by atoms with van der Waals surface area (Å²) in [5.74, 6) is 0.191. The molecule has 0 aliphatic heterocycles. The Balaban J connectivity index is 2.17. The molecule has 1 heterocycles. The van der Waals surface area contributed by atoms with Gasteiger partial charge < -0.3 is 0 Å². The molecule has 1 aromatic heterocycles. The van der Waals surface area contributed by atoms with Crippen LogP contribution in [0, 0.1) is 0 Å². The van der Waals surface area contributed by atoms with Crippen molar-refractivity contribution >= 4 is 10.0 Å². The highest BCUT2D eigenvalue weighted by Gasteiger charge is 2.06. The van der Waals surface area contributed by atoms with E-state index in [0.29, 0.717) is 25.9 Å². The normalized spacial score (nSPS) is 11.8. The monoisotopic (exact) mass is 232 g/mol. The second kappa shape index (κ2) is 5.82. The molecule has 0 aromatic carbocycles. The first-order valence-electron chi connectivity index (χ1n) is 4.95. The summed E-state index contributed by atoms with van der Waals surface area (Å²) in [5.41, 5.74) is 0. The second-order valence-corrected chi connectivity index (χ2v) is 5.16. The number of hydrogen-bond donors (Lipinski definition) is 1. The van der Waals surface area contributed by atoms with Crippen molar-refractivity contribution in [1.82, 2.24) is 19.7 Å². The molecule has 1 N–H and O–H groups in total. The predicted octanol–water partition coefficient (Wildman–Crippen LogP) is -0.00240. The van der Waals surface area contributed by atoms with Gasteiger partial charge in [0.25, 0.3) is 0 Å². The van der Waals surface area contributed by atoms with Gasteiger partial charge in [0.1, 0.15) is 0 Å². The van der Waals surface area contributed by atoms with Crippen LogP contribution in [0.3, 0.4) is 0 Å². The average molecular weight is 232 g/mol. The van der Waals surface area contributed by atoms with Crippen molar-refractivity contribution in [2.75, 3.05) is 12.3 Å². The number of sulfonamides is 1. The number of aryl methyl sites for hydroxylation is 1. The third-order valence-corrected chi connectivity index (χ3v) is 3.42. The number of rotatable bonds is 7. The molecule has 0 radical (unpaired) electrons. The van der Waals surface area contributed by atoms with E-state index >= 15 is 0 Å². The van der Waals surface area contributed by atoms with Gasteiger partial charge in [0, 0.05) is 19.3 Å². The van der Waals surface area contributed by atoms with Crippen molar-refractivity contribution in [3.63, 3.8) is 0 Å². The summed E-state index contributed by atoms with van der Waals surface area (Å²) in [4.78, 5) is 0. The molecule has 0 aliphatic carbocycles. The van der Waals surface area contributed by atoms with E-state index in [4.69, 9.17) is 0 Å². The van der Waals surface area contributed by atoms with Crippen molar-refractivity contribution in [3.05, 3.63) is 12.4 Å². The van der Waals surface area contributed by atoms with Gasteiger partial charge in [0.2, 0.25) is 10.0 Å². The van der Waals surface area contributed by atoms with Gasteiger partial charge >= 0.3 is 0 Å². The largest absolute Gasteiger partial charge is 0.253 e. The van der Waals surface area contributed by atoms with E-state index in [2.05, 4.69) is 15.0 Å². The fraction of sp³-hybridized carbons (Fsp3) is 0.750. The summed E-state index contributed by atoms with van der Waals surface area (Å²) in [6.45, 7) is 2.96. The van der Waals surface area contributed by atoms with E-state index in [0.717, 1.165) is 0 Å². The Kier molecular flexibility index (Phi) is 4.70. The molecular formula is C8H16N4O2S. The first kappa shape index (κ1) is 12.1. The van der Waals surface area contributed by atoms with E-state index in [1.165, 1.54) is 0 Å². The van der Waals surface area contributed by atoms with Crippen LogP contribution in [0.25, 0.3) is 0 Å². The number of nitrogens with one attached hydrogen (secondary N) is 1. The van der Waals surface area contributed by atoms with Crippen molar-refractivity contribution in [1.29, 1.82) is 0 Å². The lowest BCUT2D eigenvalue weighted by atomic mass is 10.4. The summed E-state index contributed by atoms with van der Waals surface area (Å²) in [6, 6.07) is 0. The van der Waals surface area contributed by atoms with E-state index in [-0.39, 0.29) is 5.75 Å². The number of nitrogens with zero attached hydrogens (tertiary/aromatic N) is 3. The summed E-state index contributed by atoms with van der Waals surface area (Å²) in [5, 5.41) is 7.43. The van der Waals surface area contributed by atoms with Crippen LogP contribution in [-0.2, 0) is 16.6 Å². The van der Waals surface area contributed by atoms with Gasteiger partial charge in [0.05, 0.1) is 11.9 Å². The van der Waals surface area contributed by atoms with Gasteiger partial charge in [0.15, 0.2) is 0 Å². The molecule has 0 amide bonds. The Morgan fingerprint density at radius 3 is 2.87 bits per heavy atom. The molecule has 0 bridgehead atoms. The molecule has 0 saturated heterocycles. The third kappa shape index (κ3) is 4.89. The van der Waals surface area contributed by atoms with Crippen molar-refractivity contribution in [2.45, 2.75) is 26.3 Å². The lowest BCUT2D eigenvalue weighted by molar-refractivity contribution is 0.542. The summed E-state index contributed by atoms with van der Waals surface area (Å²) >= 11 is 0. The van der Waals surface area contributed by atoms with E-state index in [9.17, 15) is 8.42 Å². The maximum Gasteiger partial charge on any atom is 0.211 e. The van der Waals surface area contributed by atoms with Crippen LogP contribution in [0.5, 0.6) is 0 Å². The molecule has 0 unspecified atom stereocenters. The minimum Gasteiger partial charge on any atom is -0.253 e. The van der Waals surface area contributed by atoms with E-state index in [1.54, 1.807) is 17.1 Å². The molecule has 0 fully saturated rings. The van der Waals surface area contributed by atoms with Gasteiger partial charge in [-0.05, 0) is 12.8 Å². The smallest absolute Gasteiger partial charge is 0.211 e. The maximum atomic E-state index is 11.2. The molecular weight excluding hydrogens is 216 g/mol. The molecule has 0 spiro atoms. The molecule has 7 heteroatoms. The van der Waals surface area contributed by atoms with Gasteiger partial charge in [-0.25, -0.2) is 13.1 Å². The standard InChI is InChI=1S/C8H16N4O2S/c1-2-8-15(13,14)10-4-3-6-12-7-5-9-11-12/h5,7,10H,2-4,6,8H2,1H3. The minimum atomic E-state index is -3.07. The van der Waals surface area contributed by atoms with Gasteiger partial charge in [-0.1, -0.05) is 12.1 Å². The Bertz CT molecular complexity index is 360. The molecule has 0 aliphatic rings. The molecule has 0 atom stereocenters. The Morgan fingerprint density at radius 2 is 2.27 bits per heavy atom. The van der Waals surface area contributed by atoms with Crippen molar-refractivity contribution in [2.24, 2.45) is 0 Å². The lowest BCUT2D eigenvalue weighted by Crippen LogP contribution is -2.27. The summed E-state index contributed by atoms with van der Waals surface area (Å²) < 4.78 is 26.7. The molecule has 0 saturated carbocycles. The first-order chi connectivity index (χ1) is 7.14. The highest BCUT2D eigenvalue weighted by Crippen LogP contribution is 1.90. The molecule has 15 heavy (non-hydrogen) atoms. The molecule has 86 valence electrons. The predicted molar refractivity (Wildman–Crippen MR) is 56.7 cm³/mol. The third-order valence-electron chi connectivity index (χ3n) is 1.83. The van der Waals surface area contributed by atoms with Crippen molar-refractivity contribution < 1.29 is 8.42 Å². The van der Waals surface area contributed by atoms with E-state index < -0.39 is 10.0 Å². The zero-order valence-corrected chi connectivity index (χ0v) is 9.57. The molecule has 1 aromatic rings. The van der Waals surface area contributed by atoms with Crippen LogP contribution in [0.4, 0.5) is 0 Å². The Hall–Kier alpha value is -0.950. The zero-order chi connectivity index (χ0) is 11.1. The fourth-order valence-electron chi connectivity index (χ4n) is 1.16. The van der Waals surface area contributed by atoms with Crippen LogP contribution < -0.4 is 4.72 Å². The summed E-state index contributed by atoms with van der Waals surface area (Å²) in [7, 11) is -3.07. The quantitative estimate of drug-likeness (QED) is 0.671. The Labute approximate surface area is 89.7 Å². The highest BCUT2D eigenvalue weighted by molar-refractivity contribution is 7.89. The molecule has 6 nitrogen and oxygen atoms in total. The summed E-state index contributed by atoms with van der Waals surface area (Å²) in [6.07, 6.45) is 4.70. The topological polar surface area (TPSA) is 76.9 Å². The lowest BCUT2D eigenvalue weighted by Gasteiger charge is -2.04. The fourth-order valence-corrected chi connectivity index (χ4v) is 2.30. The number of hydrogen-bond acceptors (Lipinski definition) is 4. The Morgan fingerprint density at radius 1 is 1.47 bits per heavy atom. The number of aromatic nitrogens is 3. The van der Waals surface area contributed by atoms with Crippen LogP contribution in [0.15, 0.2) is 12.4 Å². The minimum absolute atomic E-state index is 0.191. The van der Waals surface area contributed by atoms with Gasteiger partial charge in [-0.15, -0.1) is 5.10 Å². The first-order valence-corrected chi connectivity index (χ1v) is 6.61. The molecule has 1 rings (SSSR count). The van der Waals surface area contributed by atoms with Crippen LogP contribution >= 0.6 is 0 Å². The SMILES string of the molecule is CCCS(=O)(=O)NCCCn1ccnn1. The maximum absolute atomic E-state index is 11.2. The van der Waals surface area contributed by atoms with E-state index in [1.807, 2.05) is 6.92 Å². The van der Waals surface area contributed by atoms with Gasteiger partial charge in [-0.3, -0.25) is 4.68 Å². The zero-order valence-electron chi connectivity index (χ0n) is 8.76. The highest BCUT2D eigenvalue weighted by atomic mass is 32.2. The second-order valence-electron chi connectivity index (χ2n) is 3.23. The van der Waals surface area contributed by atoms with Crippen LogP contribution in [0.2, 0.25) is 0 Å².